The molecular formula is C16H14ClFN2O2S. The molecule has 0 spiro atoms. The van der Waals surface area contributed by atoms with Gasteiger partial charge in [0.25, 0.3) is 0 Å². The van der Waals surface area contributed by atoms with E-state index in [4.69, 9.17) is 11.6 Å². The Morgan fingerprint density at radius 2 is 1.74 bits per heavy atom. The van der Waals surface area contributed by atoms with E-state index < -0.39 is 5.82 Å². The van der Waals surface area contributed by atoms with Crippen LogP contribution in [-0.2, 0) is 9.59 Å². The fourth-order valence-corrected chi connectivity index (χ4v) is 2.64. The van der Waals surface area contributed by atoms with E-state index in [1.165, 1.54) is 36.9 Å². The predicted molar refractivity (Wildman–Crippen MR) is 91.5 cm³/mol. The van der Waals surface area contributed by atoms with Crippen molar-refractivity contribution in [1.29, 1.82) is 0 Å². The first kappa shape index (κ1) is 17.3. The van der Waals surface area contributed by atoms with Crippen molar-refractivity contribution in [3.63, 3.8) is 0 Å². The summed E-state index contributed by atoms with van der Waals surface area (Å²) >= 11 is 7.01. The number of anilines is 2. The largest absolute Gasteiger partial charge is 0.326 e. The number of benzene rings is 2. The van der Waals surface area contributed by atoms with Crippen LogP contribution in [0.2, 0.25) is 5.02 Å². The lowest BCUT2D eigenvalue weighted by Crippen LogP contribution is -2.14. The molecule has 0 saturated carbocycles. The average molecular weight is 353 g/mol. The molecule has 0 saturated heterocycles. The fraction of sp³-hybridized carbons (Fsp3) is 0.125. The van der Waals surface area contributed by atoms with Crippen LogP contribution in [0.15, 0.2) is 47.4 Å². The van der Waals surface area contributed by atoms with Crippen molar-refractivity contribution in [2.45, 2.75) is 11.8 Å². The Kier molecular flexibility index (Phi) is 6.01. The van der Waals surface area contributed by atoms with Gasteiger partial charge in [-0.15, -0.1) is 11.8 Å². The Morgan fingerprint density at radius 3 is 2.35 bits per heavy atom. The molecule has 2 N–H and O–H groups in total. The van der Waals surface area contributed by atoms with Gasteiger partial charge in [0, 0.05) is 23.2 Å². The molecule has 0 aromatic heterocycles. The first-order chi connectivity index (χ1) is 10.9. The first-order valence-corrected chi connectivity index (χ1v) is 8.06. The Balaban J connectivity index is 1.86. The summed E-state index contributed by atoms with van der Waals surface area (Å²) in [5.74, 6) is -0.682. The normalized spacial score (nSPS) is 10.2. The van der Waals surface area contributed by atoms with Gasteiger partial charge in [0.15, 0.2) is 0 Å². The lowest BCUT2D eigenvalue weighted by Gasteiger charge is -2.07. The number of rotatable bonds is 5. The number of halogens is 2. The second kappa shape index (κ2) is 7.99. The van der Waals surface area contributed by atoms with Gasteiger partial charge in [-0.05, 0) is 42.5 Å². The van der Waals surface area contributed by atoms with Crippen molar-refractivity contribution in [3.8, 4) is 0 Å². The van der Waals surface area contributed by atoms with E-state index in [-0.39, 0.29) is 22.6 Å². The van der Waals surface area contributed by atoms with Crippen molar-refractivity contribution in [3.05, 3.63) is 53.3 Å². The average Bonchev–Trinajstić information content (AvgIpc) is 2.50. The second-order valence-corrected chi connectivity index (χ2v) is 6.13. The number of hydrogen-bond donors (Lipinski definition) is 2. The molecule has 7 heteroatoms. The summed E-state index contributed by atoms with van der Waals surface area (Å²) in [7, 11) is 0. The minimum Gasteiger partial charge on any atom is -0.326 e. The van der Waals surface area contributed by atoms with Crippen LogP contribution in [-0.4, -0.2) is 17.6 Å². The molecule has 0 aliphatic heterocycles. The molecule has 2 amide bonds. The third-order valence-corrected chi connectivity index (χ3v) is 4.05. The van der Waals surface area contributed by atoms with Gasteiger partial charge in [-0.1, -0.05) is 11.6 Å². The van der Waals surface area contributed by atoms with Crippen LogP contribution in [0, 0.1) is 5.82 Å². The summed E-state index contributed by atoms with van der Waals surface area (Å²) in [4.78, 5) is 23.7. The number of thioether (sulfide) groups is 1. The van der Waals surface area contributed by atoms with Crippen LogP contribution in [0.4, 0.5) is 15.8 Å². The van der Waals surface area contributed by atoms with E-state index in [1.807, 2.05) is 12.1 Å². The van der Waals surface area contributed by atoms with Crippen molar-refractivity contribution in [2.75, 3.05) is 16.4 Å². The smallest absolute Gasteiger partial charge is 0.234 e. The van der Waals surface area contributed by atoms with E-state index in [0.29, 0.717) is 11.4 Å². The SMILES string of the molecule is CC(=O)Nc1ccc(SCC(=O)Nc2ccc(F)c(Cl)c2)cc1. The molecule has 0 bridgehead atoms. The minimum atomic E-state index is -0.529. The van der Waals surface area contributed by atoms with Gasteiger partial charge in [-0.25, -0.2) is 4.39 Å². The monoisotopic (exact) mass is 352 g/mol. The third-order valence-electron chi connectivity index (χ3n) is 2.75. The zero-order valence-corrected chi connectivity index (χ0v) is 13.8. The Bertz CT molecular complexity index is 723. The molecule has 0 aliphatic rings. The maximum absolute atomic E-state index is 13.0. The van der Waals surface area contributed by atoms with Crippen molar-refractivity contribution in [1.82, 2.24) is 0 Å². The highest BCUT2D eigenvalue weighted by Crippen LogP contribution is 2.22. The molecule has 2 aromatic carbocycles. The number of amides is 2. The molecule has 0 heterocycles. The molecule has 4 nitrogen and oxygen atoms in total. The number of hydrogen-bond acceptors (Lipinski definition) is 3. The highest BCUT2D eigenvalue weighted by Gasteiger charge is 2.06. The quantitative estimate of drug-likeness (QED) is 0.794. The van der Waals surface area contributed by atoms with Crippen LogP contribution in [0.3, 0.4) is 0 Å². The molecule has 2 aromatic rings. The van der Waals surface area contributed by atoms with Gasteiger partial charge < -0.3 is 10.6 Å². The van der Waals surface area contributed by atoms with E-state index in [0.717, 1.165) is 4.90 Å². The zero-order chi connectivity index (χ0) is 16.8. The summed E-state index contributed by atoms with van der Waals surface area (Å²) in [6.07, 6.45) is 0. The van der Waals surface area contributed by atoms with E-state index in [2.05, 4.69) is 10.6 Å². The maximum atomic E-state index is 13.0. The van der Waals surface area contributed by atoms with Crippen LogP contribution in [0.25, 0.3) is 0 Å². The topological polar surface area (TPSA) is 58.2 Å². The molecule has 0 aliphatic carbocycles. The predicted octanol–water partition coefficient (Wildman–Crippen LogP) is 4.17. The lowest BCUT2D eigenvalue weighted by molar-refractivity contribution is -0.114. The lowest BCUT2D eigenvalue weighted by atomic mass is 10.3. The number of carbonyl (C=O) groups is 2. The molecule has 120 valence electrons. The van der Waals surface area contributed by atoms with Gasteiger partial charge in [0.05, 0.1) is 10.8 Å². The standard InChI is InChI=1S/C16H14ClFN2O2S/c1-10(21)19-11-2-5-13(6-3-11)23-9-16(22)20-12-4-7-15(18)14(17)8-12/h2-8H,9H2,1H3,(H,19,21)(H,20,22). The number of carbonyl (C=O) groups excluding carboxylic acids is 2. The first-order valence-electron chi connectivity index (χ1n) is 6.69. The van der Waals surface area contributed by atoms with Crippen LogP contribution < -0.4 is 10.6 Å². The van der Waals surface area contributed by atoms with Gasteiger partial charge in [-0.2, -0.15) is 0 Å². The molecule has 0 unspecified atom stereocenters. The molecular weight excluding hydrogens is 339 g/mol. The van der Waals surface area contributed by atoms with E-state index in [9.17, 15) is 14.0 Å². The van der Waals surface area contributed by atoms with Gasteiger partial charge in [0.1, 0.15) is 5.82 Å². The fourth-order valence-electron chi connectivity index (χ4n) is 1.76. The third kappa shape index (κ3) is 5.58. The number of nitrogens with one attached hydrogen (secondary N) is 2. The van der Waals surface area contributed by atoms with E-state index >= 15 is 0 Å². The van der Waals surface area contributed by atoms with Gasteiger partial charge >= 0.3 is 0 Å². The summed E-state index contributed by atoms with van der Waals surface area (Å²) in [5.41, 5.74) is 1.15. The molecule has 0 fully saturated rings. The summed E-state index contributed by atoms with van der Waals surface area (Å²) in [6.45, 7) is 1.44. The summed E-state index contributed by atoms with van der Waals surface area (Å²) < 4.78 is 13.0. The van der Waals surface area contributed by atoms with Crippen molar-refractivity contribution in [2.24, 2.45) is 0 Å². The highest BCUT2D eigenvalue weighted by molar-refractivity contribution is 8.00. The Hall–Kier alpha value is -2.05. The Labute approximate surface area is 142 Å². The highest BCUT2D eigenvalue weighted by atomic mass is 35.5. The van der Waals surface area contributed by atoms with E-state index in [1.54, 1.807) is 12.1 Å². The second-order valence-electron chi connectivity index (χ2n) is 4.67. The molecule has 2 rings (SSSR count). The van der Waals surface area contributed by atoms with Crippen molar-refractivity contribution >= 4 is 46.6 Å². The van der Waals surface area contributed by atoms with Crippen LogP contribution in [0.1, 0.15) is 6.92 Å². The Morgan fingerprint density at radius 1 is 1.09 bits per heavy atom. The van der Waals surface area contributed by atoms with Crippen LogP contribution >= 0.6 is 23.4 Å². The summed E-state index contributed by atoms with van der Waals surface area (Å²) in [6, 6.07) is 11.2. The maximum Gasteiger partial charge on any atom is 0.234 e. The molecule has 0 radical (unpaired) electrons. The minimum absolute atomic E-state index is 0.0380. The van der Waals surface area contributed by atoms with Crippen LogP contribution in [0.5, 0.6) is 0 Å². The van der Waals surface area contributed by atoms with Crippen molar-refractivity contribution < 1.29 is 14.0 Å². The molecule has 23 heavy (non-hydrogen) atoms. The summed E-state index contributed by atoms with van der Waals surface area (Å²) in [5, 5.41) is 5.28. The van der Waals surface area contributed by atoms with Gasteiger partial charge in [-0.3, -0.25) is 9.59 Å². The molecule has 0 atom stereocenters. The zero-order valence-electron chi connectivity index (χ0n) is 12.2. The van der Waals surface area contributed by atoms with Gasteiger partial charge in [0.2, 0.25) is 11.8 Å².